The number of rotatable bonds is 4. The van der Waals surface area contributed by atoms with E-state index in [4.69, 9.17) is 11.6 Å². The molecule has 8 heteroatoms. The lowest BCUT2D eigenvalue weighted by Gasteiger charge is -2.21. The Morgan fingerprint density at radius 2 is 1.80 bits per heavy atom. The first-order valence-corrected chi connectivity index (χ1v) is 7.55. The molecule has 2 aromatic carbocycles. The standard InChI is InChI=1S/C17H14ClF3N2O2/c1-11(24)23(15-7-2-4-12(8-15)17(19,20)21)10-16(25)22-14-6-3-5-13(18)9-14/h2-9H,10H2,1H3,(H,22,25). The van der Waals surface area contributed by atoms with Crippen molar-refractivity contribution in [3.05, 3.63) is 59.1 Å². The van der Waals surface area contributed by atoms with Crippen molar-refractivity contribution in [1.29, 1.82) is 0 Å². The first-order chi connectivity index (χ1) is 11.7. The number of carbonyl (C=O) groups excluding carboxylic acids is 2. The van der Waals surface area contributed by atoms with Gasteiger partial charge < -0.3 is 10.2 Å². The topological polar surface area (TPSA) is 49.4 Å². The van der Waals surface area contributed by atoms with Gasteiger partial charge in [0.05, 0.1) is 5.56 Å². The molecule has 4 nitrogen and oxygen atoms in total. The molecule has 0 radical (unpaired) electrons. The van der Waals surface area contributed by atoms with Crippen LogP contribution in [0.3, 0.4) is 0 Å². The van der Waals surface area contributed by atoms with Crippen LogP contribution < -0.4 is 10.2 Å². The molecule has 0 spiro atoms. The SMILES string of the molecule is CC(=O)N(CC(=O)Nc1cccc(Cl)c1)c1cccc(C(F)(F)F)c1. The van der Waals surface area contributed by atoms with E-state index >= 15 is 0 Å². The Labute approximate surface area is 147 Å². The third kappa shape index (κ3) is 5.22. The number of anilines is 2. The summed E-state index contributed by atoms with van der Waals surface area (Å²) in [7, 11) is 0. The van der Waals surface area contributed by atoms with E-state index in [1.165, 1.54) is 25.1 Å². The second-order valence-electron chi connectivity index (χ2n) is 5.21. The number of nitrogens with one attached hydrogen (secondary N) is 1. The Balaban J connectivity index is 2.19. The Kier molecular flexibility index (Phi) is 5.69. The number of benzene rings is 2. The third-order valence-electron chi connectivity index (χ3n) is 3.28. The highest BCUT2D eigenvalue weighted by Gasteiger charge is 2.31. The van der Waals surface area contributed by atoms with E-state index < -0.39 is 30.1 Å². The molecular weight excluding hydrogens is 357 g/mol. The molecule has 25 heavy (non-hydrogen) atoms. The van der Waals surface area contributed by atoms with E-state index in [1.54, 1.807) is 18.2 Å². The van der Waals surface area contributed by atoms with E-state index in [1.807, 2.05) is 0 Å². The summed E-state index contributed by atoms with van der Waals surface area (Å²) in [6, 6.07) is 10.6. The first-order valence-electron chi connectivity index (χ1n) is 7.17. The van der Waals surface area contributed by atoms with Gasteiger partial charge in [-0.15, -0.1) is 0 Å². The minimum Gasteiger partial charge on any atom is -0.324 e. The van der Waals surface area contributed by atoms with E-state index in [0.29, 0.717) is 10.7 Å². The lowest BCUT2D eigenvalue weighted by Crippen LogP contribution is -2.36. The van der Waals surface area contributed by atoms with Gasteiger partial charge in [-0.2, -0.15) is 13.2 Å². The van der Waals surface area contributed by atoms with Crippen molar-refractivity contribution in [3.63, 3.8) is 0 Å². The van der Waals surface area contributed by atoms with Crippen LogP contribution in [-0.4, -0.2) is 18.4 Å². The molecule has 0 aromatic heterocycles. The van der Waals surface area contributed by atoms with Gasteiger partial charge in [-0.25, -0.2) is 0 Å². The summed E-state index contributed by atoms with van der Waals surface area (Å²) in [5.41, 5.74) is -0.486. The smallest absolute Gasteiger partial charge is 0.324 e. The maximum Gasteiger partial charge on any atom is 0.416 e. The molecule has 0 saturated carbocycles. The quantitative estimate of drug-likeness (QED) is 0.869. The molecule has 0 heterocycles. The van der Waals surface area contributed by atoms with Crippen LogP contribution in [0.15, 0.2) is 48.5 Å². The van der Waals surface area contributed by atoms with Crippen LogP contribution in [0.25, 0.3) is 0 Å². The first kappa shape index (κ1) is 18.8. The predicted octanol–water partition coefficient (Wildman–Crippen LogP) is 4.35. The van der Waals surface area contributed by atoms with E-state index in [2.05, 4.69) is 5.32 Å². The van der Waals surface area contributed by atoms with Gasteiger partial charge in [0, 0.05) is 23.3 Å². The fourth-order valence-electron chi connectivity index (χ4n) is 2.14. The van der Waals surface area contributed by atoms with Crippen molar-refractivity contribution >= 4 is 34.8 Å². The lowest BCUT2D eigenvalue weighted by molar-refractivity contribution is -0.137. The molecule has 2 aromatic rings. The van der Waals surface area contributed by atoms with Gasteiger partial charge in [0.1, 0.15) is 6.54 Å². The zero-order valence-electron chi connectivity index (χ0n) is 13.1. The Bertz CT molecular complexity index is 793. The highest BCUT2D eigenvalue weighted by Crippen LogP contribution is 2.31. The number of halogens is 4. The molecule has 0 aliphatic carbocycles. The molecule has 0 aliphatic rings. The minimum absolute atomic E-state index is 0.0106. The van der Waals surface area contributed by atoms with Crippen molar-refractivity contribution in [3.8, 4) is 0 Å². The molecule has 0 atom stereocenters. The summed E-state index contributed by atoms with van der Waals surface area (Å²) in [5, 5.41) is 2.96. The molecule has 2 amide bonds. The highest BCUT2D eigenvalue weighted by atomic mass is 35.5. The number of hydrogen-bond acceptors (Lipinski definition) is 2. The van der Waals surface area contributed by atoms with Gasteiger partial charge in [0.2, 0.25) is 11.8 Å². The van der Waals surface area contributed by atoms with Crippen molar-refractivity contribution < 1.29 is 22.8 Å². The molecule has 0 fully saturated rings. The zero-order valence-corrected chi connectivity index (χ0v) is 13.9. The predicted molar refractivity (Wildman–Crippen MR) is 89.6 cm³/mol. The monoisotopic (exact) mass is 370 g/mol. The van der Waals surface area contributed by atoms with Gasteiger partial charge in [-0.05, 0) is 36.4 Å². The highest BCUT2D eigenvalue weighted by molar-refractivity contribution is 6.30. The van der Waals surface area contributed by atoms with Gasteiger partial charge in [0.25, 0.3) is 0 Å². The molecule has 1 N–H and O–H groups in total. The normalized spacial score (nSPS) is 11.1. The molecule has 132 valence electrons. The molecule has 0 bridgehead atoms. The molecule has 0 unspecified atom stereocenters. The molecule has 0 saturated heterocycles. The Morgan fingerprint density at radius 1 is 1.12 bits per heavy atom. The number of nitrogens with zero attached hydrogens (tertiary/aromatic N) is 1. The zero-order chi connectivity index (χ0) is 18.6. The van der Waals surface area contributed by atoms with E-state index in [0.717, 1.165) is 17.0 Å². The van der Waals surface area contributed by atoms with E-state index in [-0.39, 0.29) is 5.69 Å². The van der Waals surface area contributed by atoms with Crippen molar-refractivity contribution in [2.24, 2.45) is 0 Å². The second kappa shape index (κ2) is 7.57. The molecule has 2 rings (SSSR count). The van der Waals surface area contributed by atoms with Crippen LogP contribution >= 0.6 is 11.6 Å². The summed E-state index contributed by atoms with van der Waals surface area (Å²) in [6.45, 7) is 0.746. The third-order valence-corrected chi connectivity index (χ3v) is 3.51. The summed E-state index contributed by atoms with van der Waals surface area (Å²) in [5.74, 6) is -1.12. The summed E-state index contributed by atoms with van der Waals surface area (Å²) >= 11 is 5.82. The van der Waals surface area contributed by atoms with Crippen LogP contribution in [0.2, 0.25) is 5.02 Å². The van der Waals surface area contributed by atoms with Crippen molar-refractivity contribution in [2.45, 2.75) is 13.1 Å². The van der Waals surface area contributed by atoms with Gasteiger partial charge in [-0.3, -0.25) is 9.59 Å². The number of amides is 2. The lowest BCUT2D eigenvalue weighted by atomic mass is 10.1. The fraction of sp³-hybridized carbons (Fsp3) is 0.176. The number of alkyl halides is 3. The van der Waals surface area contributed by atoms with Crippen LogP contribution in [0.1, 0.15) is 12.5 Å². The van der Waals surface area contributed by atoms with Gasteiger partial charge >= 0.3 is 6.18 Å². The molecule has 0 aliphatic heterocycles. The summed E-state index contributed by atoms with van der Waals surface area (Å²) in [4.78, 5) is 24.9. The maximum atomic E-state index is 12.8. The maximum absolute atomic E-state index is 12.8. The summed E-state index contributed by atoms with van der Waals surface area (Å²) < 4.78 is 38.5. The van der Waals surface area contributed by atoms with Gasteiger partial charge in [-0.1, -0.05) is 23.7 Å². The number of carbonyl (C=O) groups is 2. The van der Waals surface area contributed by atoms with Crippen LogP contribution in [0, 0.1) is 0 Å². The average molecular weight is 371 g/mol. The second-order valence-corrected chi connectivity index (χ2v) is 5.65. The fourth-order valence-corrected chi connectivity index (χ4v) is 2.34. The van der Waals surface area contributed by atoms with E-state index in [9.17, 15) is 22.8 Å². The molecular formula is C17H14ClF3N2O2. The average Bonchev–Trinajstić information content (AvgIpc) is 2.51. The summed E-state index contributed by atoms with van der Waals surface area (Å²) in [6.07, 6.45) is -4.54. The largest absolute Gasteiger partial charge is 0.416 e. The Hall–Kier alpha value is -2.54. The minimum atomic E-state index is -4.54. The van der Waals surface area contributed by atoms with Crippen LogP contribution in [0.5, 0.6) is 0 Å². The van der Waals surface area contributed by atoms with Gasteiger partial charge in [0.15, 0.2) is 0 Å². The van der Waals surface area contributed by atoms with Crippen molar-refractivity contribution in [1.82, 2.24) is 0 Å². The van der Waals surface area contributed by atoms with Crippen LogP contribution in [0.4, 0.5) is 24.5 Å². The van der Waals surface area contributed by atoms with Crippen LogP contribution in [-0.2, 0) is 15.8 Å². The Morgan fingerprint density at radius 3 is 2.40 bits per heavy atom. The van der Waals surface area contributed by atoms with Crippen molar-refractivity contribution in [2.75, 3.05) is 16.8 Å². The number of hydrogen-bond donors (Lipinski definition) is 1.